The van der Waals surface area contributed by atoms with Gasteiger partial charge >= 0.3 is 8.80 Å². The zero-order valence-electron chi connectivity index (χ0n) is 15.7. The van der Waals surface area contributed by atoms with Crippen LogP contribution >= 0.6 is 0 Å². The Hall–Kier alpha value is -0.0231. The van der Waals surface area contributed by atoms with Crippen molar-refractivity contribution >= 4 is 8.80 Å². The van der Waals surface area contributed by atoms with Gasteiger partial charge < -0.3 is 29.6 Å². The van der Waals surface area contributed by atoms with Crippen LogP contribution in [0.1, 0.15) is 53.4 Å². The van der Waals surface area contributed by atoms with Crippen molar-refractivity contribution in [2.75, 3.05) is 46.0 Å². The first-order valence-corrected chi connectivity index (χ1v) is 11.1. The molecule has 0 saturated heterocycles. The molecular formula is C16H39N3O3Si. The van der Waals surface area contributed by atoms with E-state index >= 15 is 0 Å². The molecule has 0 spiro atoms. The lowest BCUT2D eigenvalue weighted by atomic mass is 10.4. The van der Waals surface area contributed by atoms with E-state index in [-0.39, 0.29) is 5.67 Å². The lowest BCUT2D eigenvalue weighted by molar-refractivity contribution is 0.0461. The molecule has 0 aromatic carbocycles. The van der Waals surface area contributed by atoms with Gasteiger partial charge in [0.15, 0.2) is 0 Å². The third-order valence-corrected chi connectivity index (χ3v) is 6.66. The Morgan fingerprint density at radius 3 is 1.74 bits per heavy atom. The van der Waals surface area contributed by atoms with Crippen LogP contribution in [0.15, 0.2) is 0 Å². The standard InChI is InChI=1S/C16H39N3O3Si/c1-5-13-20-23(21-14-6-2,22-15-7-3)16(8-4)19-12-11-18-10-9-17/h16,18-19H,5-15,17H2,1-4H3. The molecular weight excluding hydrogens is 310 g/mol. The van der Waals surface area contributed by atoms with E-state index in [9.17, 15) is 0 Å². The summed E-state index contributed by atoms with van der Waals surface area (Å²) in [5, 5.41) is 6.88. The Kier molecular flexibility index (Phi) is 15.5. The van der Waals surface area contributed by atoms with Crippen molar-refractivity contribution in [1.29, 1.82) is 0 Å². The van der Waals surface area contributed by atoms with Crippen molar-refractivity contribution in [2.45, 2.75) is 59.0 Å². The van der Waals surface area contributed by atoms with Gasteiger partial charge in [-0.25, -0.2) is 0 Å². The predicted molar refractivity (Wildman–Crippen MR) is 98.5 cm³/mol. The molecule has 4 N–H and O–H groups in total. The van der Waals surface area contributed by atoms with Crippen LogP contribution in [0.3, 0.4) is 0 Å². The fourth-order valence-corrected chi connectivity index (χ4v) is 5.45. The monoisotopic (exact) mass is 349 g/mol. The number of hydrogen-bond donors (Lipinski definition) is 3. The van der Waals surface area contributed by atoms with Gasteiger partial charge in [0, 0.05) is 46.0 Å². The molecule has 0 aliphatic heterocycles. The Bertz CT molecular complexity index is 239. The highest BCUT2D eigenvalue weighted by molar-refractivity contribution is 6.62. The molecule has 0 rings (SSSR count). The quantitative estimate of drug-likeness (QED) is 0.274. The molecule has 1 atom stereocenters. The summed E-state index contributed by atoms with van der Waals surface area (Å²) in [4.78, 5) is 0. The minimum atomic E-state index is -2.72. The van der Waals surface area contributed by atoms with Gasteiger partial charge in [-0.05, 0) is 25.7 Å². The Labute approximate surface area is 144 Å². The SMILES string of the molecule is CCCO[Si](OCCC)(OCCC)C(CC)NCCNCCN. The van der Waals surface area contributed by atoms with E-state index in [0.717, 1.165) is 45.3 Å². The highest BCUT2D eigenvalue weighted by Crippen LogP contribution is 2.19. The molecule has 7 heteroatoms. The fourth-order valence-electron chi connectivity index (χ4n) is 2.24. The minimum absolute atomic E-state index is 0.131. The lowest BCUT2D eigenvalue weighted by Gasteiger charge is -2.36. The summed E-state index contributed by atoms with van der Waals surface area (Å²) in [6, 6.07) is 0. The first-order chi connectivity index (χ1) is 11.2. The number of nitrogens with one attached hydrogen (secondary N) is 2. The zero-order chi connectivity index (χ0) is 17.4. The van der Waals surface area contributed by atoms with Crippen LogP contribution in [-0.4, -0.2) is 60.5 Å². The summed E-state index contributed by atoms with van der Waals surface area (Å²) < 4.78 is 18.6. The van der Waals surface area contributed by atoms with E-state index in [1.807, 2.05) is 0 Å². The molecule has 0 radical (unpaired) electrons. The first-order valence-electron chi connectivity index (χ1n) is 9.26. The molecule has 0 bridgehead atoms. The van der Waals surface area contributed by atoms with E-state index in [0.29, 0.717) is 26.4 Å². The second kappa shape index (κ2) is 15.5. The van der Waals surface area contributed by atoms with E-state index in [4.69, 9.17) is 19.0 Å². The van der Waals surface area contributed by atoms with Gasteiger partial charge in [-0.15, -0.1) is 0 Å². The van der Waals surface area contributed by atoms with Gasteiger partial charge in [0.2, 0.25) is 0 Å². The summed E-state index contributed by atoms with van der Waals surface area (Å²) in [5.41, 5.74) is 5.63. The van der Waals surface area contributed by atoms with Gasteiger partial charge in [0.05, 0.1) is 5.67 Å². The average Bonchev–Trinajstić information content (AvgIpc) is 2.58. The largest absolute Gasteiger partial charge is 0.518 e. The number of rotatable bonds is 17. The van der Waals surface area contributed by atoms with Crippen molar-refractivity contribution in [3.63, 3.8) is 0 Å². The molecule has 0 aromatic rings. The molecule has 6 nitrogen and oxygen atoms in total. The van der Waals surface area contributed by atoms with E-state index in [2.05, 4.69) is 38.3 Å². The summed E-state index contributed by atoms with van der Waals surface area (Å²) in [7, 11) is -2.72. The third kappa shape index (κ3) is 9.76. The summed E-state index contributed by atoms with van der Waals surface area (Å²) in [5.74, 6) is 0. The smallest absolute Gasteiger partial charge is 0.373 e. The van der Waals surface area contributed by atoms with E-state index < -0.39 is 8.80 Å². The number of nitrogens with two attached hydrogens (primary N) is 1. The molecule has 140 valence electrons. The molecule has 0 heterocycles. The molecule has 0 aromatic heterocycles. The van der Waals surface area contributed by atoms with Gasteiger partial charge in [0.25, 0.3) is 0 Å². The van der Waals surface area contributed by atoms with Gasteiger partial charge in [0.1, 0.15) is 0 Å². The molecule has 0 saturated carbocycles. The maximum atomic E-state index is 6.21. The maximum absolute atomic E-state index is 6.21. The van der Waals surface area contributed by atoms with Crippen LogP contribution in [0.2, 0.25) is 0 Å². The summed E-state index contributed by atoms with van der Waals surface area (Å²) in [6.07, 6.45) is 3.83. The summed E-state index contributed by atoms with van der Waals surface area (Å²) >= 11 is 0. The van der Waals surface area contributed by atoms with Crippen LogP contribution in [0.4, 0.5) is 0 Å². The van der Waals surface area contributed by atoms with Crippen molar-refractivity contribution < 1.29 is 13.3 Å². The molecule has 0 aliphatic carbocycles. The van der Waals surface area contributed by atoms with Gasteiger partial charge in [-0.2, -0.15) is 0 Å². The van der Waals surface area contributed by atoms with Crippen LogP contribution in [0.5, 0.6) is 0 Å². The highest BCUT2D eigenvalue weighted by atomic mass is 28.4. The van der Waals surface area contributed by atoms with Gasteiger partial charge in [-0.1, -0.05) is 27.7 Å². The summed E-state index contributed by atoms with van der Waals surface area (Å²) in [6.45, 7) is 13.8. The van der Waals surface area contributed by atoms with Crippen molar-refractivity contribution in [2.24, 2.45) is 5.73 Å². The second-order valence-corrected chi connectivity index (χ2v) is 8.37. The average molecular weight is 350 g/mol. The van der Waals surface area contributed by atoms with E-state index in [1.54, 1.807) is 0 Å². The number of hydrogen-bond acceptors (Lipinski definition) is 6. The van der Waals surface area contributed by atoms with Crippen molar-refractivity contribution in [3.8, 4) is 0 Å². The molecule has 23 heavy (non-hydrogen) atoms. The molecule has 0 fully saturated rings. The molecule has 0 aliphatic rings. The fraction of sp³-hybridized carbons (Fsp3) is 1.00. The van der Waals surface area contributed by atoms with Crippen LogP contribution in [0.25, 0.3) is 0 Å². The third-order valence-electron chi connectivity index (χ3n) is 3.37. The Morgan fingerprint density at radius 2 is 1.35 bits per heavy atom. The predicted octanol–water partition coefficient (Wildman–Crippen LogP) is 1.66. The first kappa shape index (κ1) is 23.0. The second-order valence-electron chi connectivity index (χ2n) is 5.60. The van der Waals surface area contributed by atoms with Crippen LogP contribution < -0.4 is 16.4 Å². The van der Waals surface area contributed by atoms with Crippen molar-refractivity contribution in [1.82, 2.24) is 10.6 Å². The minimum Gasteiger partial charge on any atom is -0.373 e. The van der Waals surface area contributed by atoms with E-state index in [1.165, 1.54) is 0 Å². The van der Waals surface area contributed by atoms with Crippen LogP contribution in [-0.2, 0) is 13.3 Å². The highest BCUT2D eigenvalue weighted by Gasteiger charge is 2.48. The van der Waals surface area contributed by atoms with Gasteiger partial charge in [-0.3, -0.25) is 0 Å². The maximum Gasteiger partial charge on any atom is 0.518 e. The van der Waals surface area contributed by atoms with Crippen molar-refractivity contribution in [3.05, 3.63) is 0 Å². The van der Waals surface area contributed by atoms with Crippen LogP contribution in [0, 0.1) is 0 Å². The topological polar surface area (TPSA) is 77.8 Å². The molecule has 0 amide bonds. The lowest BCUT2D eigenvalue weighted by Crippen LogP contribution is -2.62. The zero-order valence-corrected chi connectivity index (χ0v) is 16.7. The Balaban J connectivity index is 4.81. The molecule has 1 unspecified atom stereocenters. The normalized spacial score (nSPS) is 13.4. The Morgan fingerprint density at radius 1 is 0.826 bits per heavy atom.